The van der Waals surface area contributed by atoms with Crippen molar-refractivity contribution < 1.29 is 10.1 Å². The second-order valence-electron chi connectivity index (χ2n) is 6.04. The van der Waals surface area contributed by atoms with Crippen molar-refractivity contribution in [2.75, 3.05) is 0 Å². The van der Waals surface area contributed by atoms with Crippen LogP contribution in [0.1, 0.15) is 12.5 Å². The Kier molecular flexibility index (Phi) is 3.65. The predicted octanol–water partition coefficient (Wildman–Crippen LogP) is 4.89. The van der Waals surface area contributed by atoms with Gasteiger partial charge < -0.3 is 9.77 Å². The number of rotatable bonds is 3. The SMILES string of the molecule is CC(=NO)c1ccc(-n2c3ccccc3c3cc([N+](=O)[O-])ccc32)cc1. The Bertz CT molecular complexity index is 1170. The zero-order valence-electron chi connectivity index (χ0n) is 14.0. The highest BCUT2D eigenvalue weighted by atomic mass is 16.6. The zero-order chi connectivity index (χ0) is 18.3. The summed E-state index contributed by atoms with van der Waals surface area (Å²) in [7, 11) is 0. The van der Waals surface area contributed by atoms with E-state index in [1.54, 1.807) is 19.1 Å². The minimum atomic E-state index is -0.378. The van der Waals surface area contributed by atoms with Gasteiger partial charge in [0.2, 0.25) is 0 Å². The molecule has 0 aliphatic heterocycles. The number of nitro groups is 1. The number of oxime groups is 1. The first-order valence-corrected chi connectivity index (χ1v) is 8.07. The molecular weight excluding hydrogens is 330 g/mol. The Morgan fingerprint density at radius 2 is 1.69 bits per heavy atom. The zero-order valence-corrected chi connectivity index (χ0v) is 14.0. The van der Waals surface area contributed by atoms with E-state index in [2.05, 4.69) is 9.72 Å². The summed E-state index contributed by atoms with van der Waals surface area (Å²) in [5.74, 6) is 0. The first-order valence-electron chi connectivity index (χ1n) is 8.07. The van der Waals surface area contributed by atoms with E-state index >= 15 is 0 Å². The Hall–Kier alpha value is -3.67. The molecule has 0 unspecified atom stereocenters. The summed E-state index contributed by atoms with van der Waals surface area (Å²) >= 11 is 0. The number of nitro benzene ring substituents is 1. The molecule has 1 aromatic heterocycles. The summed E-state index contributed by atoms with van der Waals surface area (Å²) in [4.78, 5) is 10.8. The summed E-state index contributed by atoms with van der Waals surface area (Å²) in [6.07, 6.45) is 0. The number of non-ortho nitro benzene ring substituents is 1. The molecule has 128 valence electrons. The van der Waals surface area contributed by atoms with Gasteiger partial charge >= 0.3 is 0 Å². The summed E-state index contributed by atoms with van der Waals surface area (Å²) in [5, 5.41) is 25.1. The van der Waals surface area contributed by atoms with Gasteiger partial charge in [-0.1, -0.05) is 35.5 Å². The standard InChI is InChI=1S/C20H15N3O3/c1-13(21-24)14-6-8-15(9-7-14)22-19-5-3-2-4-17(19)18-12-16(23(25)26)10-11-20(18)22/h2-12,24H,1H3. The predicted molar refractivity (Wildman–Crippen MR) is 101 cm³/mol. The van der Waals surface area contributed by atoms with Crippen LogP contribution in [0.15, 0.2) is 71.9 Å². The molecule has 0 aliphatic carbocycles. The van der Waals surface area contributed by atoms with Gasteiger partial charge in [-0.2, -0.15) is 0 Å². The van der Waals surface area contributed by atoms with Gasteiger partial charge in [0.05, 0.1) is 21.7 Å². The van der Waals surface area contributed by atoms with Crippen LogP contribution in [-0.2, 0) is 0 Å². The van der Waals surface area contributed by atoms with Gasteiger partial charge in [-0.15, -0.1) is 0 Å². The molecule has 0 bridgehead atoms. The number of nitrogens with zero attached hydrogens (tertiary/aromatic N) is 3. The maximum absolute atomic E-state index is 11.2. The average Bonchev–Trinajstić information content (AvgIpc) is 3.01. The molecule has 1 heterocycles. The Morgan fingerprint density at radius 3 is 2.38 bits per heavy atom. The van der Waals surface area contributed by atoms with Crippen molar-refractivity contribution in [1.29, 1.82) is 0 Å². The molecular formula is C20H15N3O3. The first kappa shape index (κ1) is 15.8. The quantitative estimate of drug-likeness (QED) is 0.248. The number of aromatic nitrogens is 1. The minimum absolute atomic E-state index is 0.0746. The van der Waals surface area contributed by atoms with Crippen LogP contribution in [0.3, 0.4) is 0 Å². The summed E-state index contributed by atoms with van der Waals surface area (Å²) < 4.78 is 2.07. The molecule has 4 aromatic rings. The normalized spacial score (nSPS) is 12.0. The lowest BCUT2D eigenvalue weighted by molar-refractivity contribution is -0.384. The van der Waals surface area contributed by atoms with Crippen LogP contribution < -0.4 is 0 Å². The van der Waals surface area contributed by atoms with Crippen LogP contribution in [0.2, 0.25) is 0 Å². The van der Waals surface area contributed by atoms with E-state index < -0.39 is 0 Å². The number of benzene rings is 3. The van der Waals surface area contributed by atoms with Gasteiger partial charge in [0, 0.05) is 28.6 Å². The highest BCUT2D eigenvalue weighted by Crippen LogP contribution is 2.34. The fraction of sp³-hybridized carbons (Fsp3) is 0.0500. The van der Waals surface area contributed by atoms with Crippen molar-refractivity contribution in [3.8, 4) is 5.69 Å². The van der Waals surface area contributed by atoms with Crippen molar-refractivity contribution in [3.63, 3.8) is 0 Å². The van der Waals surface area contributed by atoms with Gasteiger partial charge in [0.1, 0.15) is 0 Å². The van der Waals surface area contributed by atoms with E-state index in [-0.39, 0.29) is 10.6 Å². The number of fused-ring (bicyclic) bond motifs is 3. The Morgan fingerprint density at radius 1 is 1.00 bits per heavy atom. The molecule has 0 atom stereocenters. The molecule has 0 saturated carbocycles. The molecule has 0 radical (unpaired) electrons. The number of hydrogen-bond acceptors (Lipinski definition) is 4. The molecule has 1 N–H and O–H groups in total. The number of hydrogen-bond donors (Lipinski definition) is 1. The van der Waals surface area contributed by atoms with Crippen molar-refractivity contribution in [3.05, 3.63) is 82.4 Å². The summed E-state index contributed by atoms with van der Waals surface area (Å²) in [6.45, 7) is 1.73. The van der Waals surface area contributed by atoms with E-state index in [4.69, 9.17) is 5.21 Å². The molecule has 0 spiro atoms. The first-order chi connectivity index (χ1) is 12.6. The summed E-state index contributed by atoms with van der Waals surface area (Å²) in [6, 6.07) is 20.4. The molecule has 0 saturated heterocycles. The van der Waals surface area contributed by atoms with Gasteiger partial charge in [-0.3, -0.25) is 10.1 Å². The van der Waals surface area contributed by atoms with Crippen LogP contribution in [0.4, 0.5) is 5.69 Å². The third kappa shape index (κ3) is 2.39. The number of para-hydroxylation sites is 1. The molecule has 4 rings (SSSR count). The van der Waals surface area contributed by atoms with E-state index in [1.165, 1.54) is 6.07 Å². The fourth-order valence-electron chi connectivity index (χ4n) is 3.26. The second-order valence-corrected chi connectivity index (χ2v) is 6.04. The minimum Gasteiger partial charge on any atom is -0.411 e. The molecule has 3 aromatic carbocycles. The lowest BCUT2D eigenvalue weighted by atomic mass is 10.1. The van der Waals surface area contributed by atoms with Gasteiger partial charge in [0.25, 0.3) is 5.69 Å². The molecule has 0 fully saturated rings. The molecule has 6 nitrogen and oxygen atoms in total. The van der Waals surface area contributed by atoms with E-state index in [0.717, 1.165) is 33.1 Å². The highest BCUT2D eigenvalue weighted by Gasteiger charge is 2.15. The van der Waals surface area contributed by atoms with Gasteiger partial charge in [0.15, 0.2) is 0 Å². The fourth-order valence-corrected chi connectivity index (χ4v) is 3.26. The maximum Gasteiger partial charge on any atom is 0.270 e. The Labute approximate surface area is 148 Å². The van der Waals surface area contributed by atoms with Crippen molar-refractivity contribution in [1.82, 2.24) is 4.57 Å². The lowest BCUT2D eigenvalue weighted by Crippen LogP contribution is -1.97. The van der Waals surface area contributed by atoms with E-state index in [0.29, 0.717) is 5.71 Å². The second kappa shape index (κ2) is 6.00. The van der Waals surface area contributed by atoms with Gasteiger partial charge in [-0.05, 0) is 36.8 Å². The molecule has 0 amide bonds. The van der Waals surface area contributed by atoms with E-state index in [9.17, 15) is 10.1 Å². The Balaban J connectivity index is 2.00. The van der Waals surface area contributed by atoms with Crippen molar-refractivity contribution in [2.45, 2.75) is 6.92 Å². The van der Waals surface area contributed by atoms with Crippen molar-refractivity contribution in [2.24, 2.45) is 5.16 Å². The third-order valence-electron chi connectivity index (χ3n) is 4.56. The third-order valence-corrected chi connectivity index (χ3v) is 4.56. The van der Waals surface area contributed by atoms with Crippen LogP contribution in [0.25, 0.3) is 27.5 Å². The van der Waals surface area contributed by atoms with Crippen LogP contribution in [0, 0.1) is 10.1 Å². The van der Waals surface area contributed by atoms with E-state index in [1.807, 2.05) is 48.5 Å². The largest absolute Gasteiger partial charge is 0.411 e. The smallest absolute Gasteiger partial charge is 0.270 e. The molecule has 6 heteroatoms. The maximum atomic E-state index is 11.2. The molecule has 26 heavy (non-hydrogen) atoms. The summed E-state index contributed by atoms with van der Waals surface area (Å²) in [5.41, 5.74) is 4.24. The van der Waals surface area contributed by atoms with Gasteiger partial charge in [-0.25, -0.2) is 0 Å². The van der Waals surface area contributed by atoms with Crippen molar-refractivity contribution >= 4 is 33.2 Å². The average molecular weight is 345 g/mol. The van der Waals surface area contributed by atoms with Crippen LogP contribution in [-0.4, -0.2) is 20.4 Å². The topological polar surface area (TPSA) is 80.7 Å². The monoisotopic (exact) mass is 345 g/mol. The van der Waals surface area contributed by atoms with Crippen LogP contribution in [0.5, 0.6) is 0 Å². The van der Waals surface area contributed by atoms with Crippen LogP contribution >= 0.6 is 0 Å². The highest BCUT2D eigenvalue weighted by molar-refractivity contribution is 6.10. The molecule has 0 aliphatic rings. The lowest BCUT2D eigenvalue weighted by Gasteiger charge is -2.08.